The van der Waals surface area contributed by atoms with E-state index in [-0.39, 0.29) is 23.3 Å². The zero-order valence-corrected chi connectivity index (χ0v) is 25.4. The van der Waals surface area contributed by atoms with Crippen LogP contribution in [-0.2, 0) is 32.6 Å². The maximum atomic E-state index is 13.4. The number of carbonyl (C=O) groups excluding carboxylic acids is 1. The first-order valence-corrected chi connectivity index (χ1v) is 16.1. The molecule has 8 nitrogen and oxygen atoms in total. The topological polar surface area (TPSA) is 105 Å². The summed E-state index contributed by atoms with van der Waals surface area (Å²) in [5, 5.41) is 12.1. The molecule has 41 heavy (non-hydrogen) atoms. The number of sulfonamides is 1. The summed E-state index contributed by atoms with van der Waals surface area (Å²) in [6, 6.07) is 10.5. The molecular weight excluding hydrogens is 564 g/mol. The zero-order chi connectivity index (χ0) is 29.4. The standard InChI is InChI=1S/C31H39ClN2O6S/c1-30(2)29(35)33-41(37,38)25-11-13-28-27(18-25)34(19-22-9-12-26(22)31(3,36)14-6-16-40-30)15-5-4-7-21-17-24(32)10-8-23(21)20-39-28/h6,8,10-11,13-14,17-18,22,26,36H,4-5,7,9,12,15-16,19-20H2,1-3H3,(H,33,35)/b14-6+/t22-,26+,31-/m0/s1. The number of benzene rings is 2. The molecule has 1 aliphatic carbocycles. The SMILES string of the molecule is CC1(C)OC/C=C/[C@](C)(O)[C@@H]2CC[C@H]2CN2CCCCc3cc(Cl)ccc3COc3ccc(cc32)S(=O)(=O)NC1=O. The Bertz CT molecular complexity index is 1440. The summed E-state index contributed by atoms with van der Waals surface area (Å²) in [6.45, 7) is 6.56. The van der Waals surface area contributed by atoms with Crippen LogP contribution in [0.2, 0.25) is 5.02 Å². The molecule has 2 bridgehead atoms. The van der Waals surface area contributed by atoms with E-state index in [4.69, 9.17) is 21.1 Å². The molecule has 2 aromatic carbocycles. The number of amides is 1. The Labute approximate surface area is 247 Å². The molecule has 0 spiro atoms. The number of halogens is 1. The molecule has 5 rings (SSSR count). The van der Waals surface area contributed by atoms with Gasteiger partial charge in [-0.15, -0.1) is 0 Å². The van der Waals surface area contributed by atoms with Crippen molar-refractivity contribution < 1.29 is 27.8 Å². The number of hydrogen-bond donors (Lipinski definition) is 2. The molecular formula is C31H39ClN2O6S. The van der Waals surface area contributed by atoms with Crippen LogP contribution in [0.15, 0.2) is 53.4 Å². The van der Waals surface area contributed by atoms with E-state index in [0.29, 0.717) is 36.2 Å². The molecule has 2 heterocycles. The Hall–Kier alpha value is -2.59. The van der Waals surface area contributed by atoms with Crippen LogP contribution in [0.4, 0.5) is 5.69 Å². The second-order valence-corrected chi connectivity index (χ2v) is 14.2. The van der Waals surface area contributed by atoms with Gasteiger partial charge in [0.2, 0.25) is 0 Å². The molecule has 2 N–H and O–H groups in total. The third-order valence-electron chi connectivity index (χ3n) is 8.65. The first-order chi connectivity index (χ1) is 19.4. The molecule has 0 aromatic heterocycles. The Morgan fingerprint density at radius 3 is 2.63 bits per heavy atom. The number of nitrogens with one attached hydrogen (secondary N) is 1. The number of anilines is 1. The lowest BCUT2D eigenvalue weighted by atomic mass is 9.65. The van der Waals surface area contributed by atoms with Crippen molar-refractivity contribution in [3.63, 3.8) is 0 Å². The quantitative estimate of drug-likeness (QED) is 0.409. The van der Waals surface area contributed by atoms with Crippen LogP contribution in [0.5, 0.6) is 5.75 Å². The van der Waals surface area contributed by atoms with Crippen LogP contribution in [-0.4, -0.2) is 50.3 Å². The van der Waals surface area contributed by atoms with Crippen LogP contribution in [0.3, 0.4) is 0 Å². The average molecular weight is 603 g/mol. The molecule has 1 saturated carbocycles. The van der Waals surface area contributed by atoms with Gasteiger partial charge in [0, 0.05) is 18.1 Å². The monoisotopic (exact) mass is 602 g/mol. The van der Waals surface area contributed by atoms with Gasteiger partial charge in [0.1, 0.15) is 18.0 Å². The van der Waals surface area contributed by atoms with Gasteiger partial charge in [0.25, 0.3) is 15.9 Å². The van der Waals surface area contributed by atoms with Gasteiger partial charge in [-0.05, 0) is 106 Å². The summed E-state index contributed by atoms with van der Waals surface area (Å²) in [7, 11) is -4.19. The van der Waals surface area contributed by atoms with Crippen molar-refractivity contribution in [3.8, 4) is 5.75 Å². The van der Waals surface area contributed by atoms with E-state index in [1.54, 1.807) is 24.3 Å². The first kappa shape index (κ1) is 29.9. The maximum absolute atomic E-state index is 13.4. The van der Waals surface area contributed by atoms with Crippen molar-refractivity contribution in [1.29, 1.82) is 0 Å². The lowest BCUT2D eigenvalue weighted by Crippen LogP contribution is -2.49. The number of fused-ring (bicyclic) bond motifs is 3. The number of nitrogens with zero attached hydrogens (tertiary/aromatic N) is 1. The minimum Gasteiger partial charge on any atom is -0.487 e. The van der Waals surface area contributed by atoms with E-state index in [1.165, 1.54) is 19.9 Å². The fourth-order valence-corrected chi connectivity index (χ4v) is 7.28. The van der Waals surface area contributed by atoms with Gasteiger partial charge < -0.3 is 19.5 Å². The summed E-state index contributed by atoms with van der Waals surface area (Å²) in [5.41, 5.74) is 0.377. The van der Waals surface area contributed by atoms with Crippen molar-refractivity contribution in [2.75, 3.05) is 24.6 Å². The predicted octanol–water partition coefficient (Wildman–Crippen LogP) is 5.01. The van der Waals surface area contributed by atoms with Crippen molar-refractivity contribution in [1.82, 2.24) is 4.72 Å². The summed E-state index contributed by atoms with van der Waals surface area (Å²) in [4.78, 5) is 15.2. The first-order valence-electron chi connectivity index (χ1n) is 14.3. The molecule has 3 aliphatic rings. The minimum absolute atomic E-state index is 0.0276. The number of ether oxygens (including phenoxy) is 2. The van der Waals surface area contributed by atoms with E-state index < -0.39 is 27.1 Å². The van der Waals surface area contributed by atoms with E-state index in [1.807, 2.05) is 25.1 Å². The van der Waals surface area contributed by atoms with Crippen LogP contribution in [0.25, 0.3) is 0 Å². The minimum atomic E-state index is -4.19. The number of aryl methyl sites for hydroxylation is 1. The zero-order valence-electron chi connectivity index (χ0n) is 23.9. The number of aliphatic hydroxyl groups is 1. The van der Waals surface area contributed by atoms with Crippen LogP contribution >= 0.6 is 11.6 Å². The molecule has 0 radical (unpaired) electrons. The highest BCUT2D eigenvalue weighted by Gasteiger charge is 2.43. The second-order valence-electron chi connectivity index (χ2n) is 12.1. The van der Waals surface area contributed by atoms with Crippen LogP contribution in [0, 0.1) is 11.8 Å². The molecule has 1 amide bonds. The molecule has 2 aliphatic heterocycles. The normalized spacial score (nSPS) is 28.9. The van der Waals surface area contributed by atoms with Crippen LogP contribution in [0.1, 0.15) is 57.6 Å². The Kier molecular flexibility index (Phi) is 8.45. The second kappa shape index (κ2) is 11.6. The summed E-state index contributed by atoms with van der Waals surface area (Å²) >= 11 is 6.29. The van der Waals surface area contributed by atoms with Crippen LogP contribution < -0.4 is 14.4 Å². The maximum Gasteiger partial charge on any atom is 0.265 e. The van der Waals surface area contributed by atoms with Gasteiger partial charge in [-0.3, -0.25) is 4.79 Å². The predicted molar refractivity (Wildman–Crippen MR) is 159 cm³/mol. The Morgan fingerprint density at radius 1 is 1.07 bits per heavy atom. The van der Waals surface area contributed by atoms with Crippen molar-refractivity contribution in [2.45, 2.75) is 75.6 Å². The molecule has 2 aromatic rings. The summed E-state index contributed by atoms with van der Waals surface area (Å²) in [6.07, 6.45) is 7.95. The van der Waals surface area contributed by atoms with Crippen molar-refractivity contribution in [3.05, 3.63) is 64.7 Å². The van der Waals surface area contributed by atoms with Crippen molar-refractivity contribution >= 4 is 33.2 Å². The van der Waals surface area contributed by atoms with Gasteiger partial charge in [-0.2, -0.15) is 0 Å². The molecule has 222 valence electrons. The number of rotatable bonds is 0. The molecule has 0 saturated heterocycles. The highest BCUT2D eigenvalue weighted by atomic mass is 35.5. The largest absolute Gasteiger partial charge is 0.487 e. The fourth-order valence-electron chi connectivity index (χ4n) is 5.96. The van der Waals surface area contributed by atoms with E-state index in [0.717, 1.165) is 43.2 Å². The van der Waals surface area contributed by atoms with Gasteiger partial charge in [0.05, 0.1) is 22.8 Å². The lowest BCUT2D eigenvalue weighted by Gasteiger charge is -2.47. The highest BCUT2D eigenvalue weighted by molar-refractivity contribution is 7.90. The highest BCUT2D eigenvalue weighted by Crippen LogP contribution is 2.44. The third kappa shape index (κ3) is 6.58. The van der Waals surface area contributed by atoms with Gasteiger partial charge in [-0.1, -0.05) is 29.8 Å². The number of hydrogen-bond acceptors (Lipinski definition) is 7. The van der Waals surface area contributed by atoms with E-state index >= 15 is 0 Å². The fraction of sp³-hybridized carbons (Fsp3) is 0.516. The Balaban J connectivity index is 1.57. The van der Waals surface area contributed by atoms with E-state index in [9.17, 15) is 18.3 Å². The lowest BCUT2D eigenvalue weighted by molar-refractivity contribution is -0.139. The average Bonchev–Trinajstić information content (AvgIpc) is 2.91. The molecule has 1 fully saturated rings. The van der Waals surface area contributed by atoms with Crippen molar-refractivity contribution in [2.24, 2.45) is 11.8 Å². The van der Waals surface area contributed by atoms with Gasteiger partial charge in [-0.25, -0.2) is 13.1 Å². The molecule has 10 heteroatoms. The third-order valence-corrected chi connectivity index (χ3v) is 10.2. The summed E-state index contributed by atoms with van der Waals surface area (Å²) in [5.74, 6) is 0.0202. The molecule has 3 atom stereocenters. The summed E-state index contributed by atoms with van der Waals surface area (Å²) < 4.78 is 41.1. The van der Waals surface area contributed by atoms with Gasteiger partial charge in [0.15, 0.2) is 0 Å². The smallest absolute Gasteiger partial charge is 0.265 e. The Morgan fingerprint density at radius 2 is 1.88 bits per heavy atom. The molecule has 0 unspecified atom stereocenters. The van der Waals surface area contributed by atoms with E-state index in [2.05, 4.69) is 9.62 Å². The number of carbonyl (C=O) groups is 1. The van der Waals surface area contributed by atoms with Gasteiger partial charge >= 0.3 is 0 Å².